The standard InChI is InChI=1S/C17H16N2O/c1-13-11-18-17(19-13)15-7-9-16(10-8-15)20-12-14-5-3-2-4-6-14/h2-11H,12H2,1H3,(H,18,19). The molecule has 0 bridgehead atoms. The second-order valence-electron chi connectivity index (χ2n) is 4.71. The number of hydrogen-bond acceptors (Lipinski definition) is 2. The van der Waals surface area contributed by atoms with Crippen molar-refractivity contribution in [3.63, 3.8) is 0 Å². The van der Waals surface area contributed by atoms with Crippen molar-refractivity contribution in [3.8, 4) is 17.1 Å². The highest BCUT2D eigenvalue weighted by Crippen LogP contribution is 2.20. The summed E-state index contributed by atoms with van der Waals surface area (Å²) in [7, 11) is 0. The predicted molar refractivity (Wildman–Crippen MR) is 79.5 cm³/mol. The Labute approximate surface area is 118 Å². The Balaban J connectivity index is 1.67. The van der Waals surface area contributed by atoms with Gasteiger partial charge in [0.1, 0.15) is 18.2 Å². The molecule has 100 valence electrons. The number of hydrogen-bond donors (Lipinski definition) is 1. The quantitative estimate of drug-likeness (QED) is 0.774. The van der Waals surface area contributed by atoms with E-state index in [0.717, 1.165) is 22.8 Å². The summed E-state index contributed by atoms with van der Waals surface area (Å²) in [5.41, 5.74) is 3.29. The van der Waals surface area contributed by atoms with Crippen LogP contribution in [0.1, 0.15) is 11.3 Å². The van der Waals surface area contributed by atoms with Gasteiger partial charge in [0.2, 0.25) is 0 Å². The van der Waals surface area contributed by atoms with Gasteiger partial charge in [-0.2, -0.15) is 0 Å². The van der Waals surface area contributed by atoms with Gasteiger partial charge in [0, 0.05) is 17.5 Å². The molecule has 1 aromatic heterocycles. The number of benzene rings is 2. The van der Waals surface area contributed by atoms with Gasteiger partial charge in [0.15, 0.2) is 0 Å². The second kappa shape index (κ2) is 5.61. The lowest BCUT2D eigenvalue weighted by atomic mass is 10.2. The molecule has 3 heteroatoms. The van der Waals surface area contributed by atoms with Crippen molar-refractivity contribution in [1.29, 1.82) is 0 Å². The molecule has 0 radical (unpaired) electrons. The molecule has 1 N–H and O–H groups in total. The second-order valence-corrected chi connectivity index (χ2v) is 4.71. The first-order chi connectivity index (χ1) is 9.81. The molecule has 0 aliphatic heterocycles. The van der Waals surface area contributed by atoms with Crippen molar-refractivity contribution in [3.05, 3.63) is 72.1 Å². The van der Waals surface area contributed by atoms with E-state index in [1.165, 1.54) is 5.56 Å². The summed E-state index contributed by atoms with van der Waals surface area (Å²) in [5, 5.41) is 0. The Morgan fingerprint density at radius 2 is 1.75 bits per heavy atom. The normalized spacial score (nSPS) is 10.4. The molecule has 0 unspecified atom stereocenters. The van der Waals surface area contributed by atoms with E-state index in [9.17, 15) is 0 Å². The SMILES string of the molecule is Cc1cnc(-c2ccc(OCc3ccccc3)cc2)[nH]1. The fourth-order valence-corrected chi connectivity index (χ4v) is 2.01. The number of H-pyrrole nitrogens is 1. The van der Waals surface area contributed by atoms with Gasteiger partial charge in [-0.15, -0.1) is 0 Å². The topological polar surface area (TPSA) is 37.9 Å². The summed E-state index contributed by atoms with van der Waals surface area (Å²) in [6, 6.07) is 18.1. The third kappa shape index (κ3) is 2.88. The number of nitrogens with zero attached hydrogens (tertiary/aromatic N) is 1. The van der Waals surface area contributed by atoms with Gasteiger partial charge in [-0.3, -0.25) is 0 Å². The minimum absolute atomic E-state index is 0.583. The van der Waals surface area contributed by atoms with E-state index >= 15 is 0 Å². The van der Waals surface area contributed by atoms with Crippen LogP contribution in [0.5, 0.6) is 5.75 Å². The zero-order valence-electron chi connectivity index (χ0n) is 11.3. The zero-order chi connectivity index (χ0) is 13.8. The highest BCUT2D eigenvalue weighted by molar-refractivity contribution is 5.56. The van der Waals surface area contributed by atoms with Crippen LogP contribution in [0.3, 0.4) is 0 Å². The van der Waals surface area contributed by atoms with E-state index in [0.29, 0.717) is 6.61 Å². The van der Waals surface area contributed by atoms with Gasteiger partial charge < -0.3 is 9.72 Å². The molecule has 3 nitrogen and oxygen atoms in total. The molecule has 3 rings (SSSR count). The van der Waals surface area contributed by atoms with E-state index in [1.54, 1.807) is 0 Å². The summed E-state index contributed by atoms with van der Waals surface area (Å²) in [6.07, 6.45) is 1.83. The van der Waals surface area contributed by atoms with Crippen molar-refractivity contribution in [1.82, 2.24) is 9.97 Å². The molecule has 2 aromatic carbocycles. The Hall–Kier alpha value is -2.55. The van der Waals surface area contributed by atoms with Crippen LogP contribution in [0.25, 0.3) is 11.4 Å². The lowest BCUT2D eigenvalue weighted by Gasteiger charge is -2.06. The minimum Gasteiger partial charge on any atom is -0.489 e. The molecule has 0 fully saturated rings. The van der Waals surface area contributed by atoms with Gasteiger partial charge in [0.25, 0.3) is 0 Å². The first-order valence-electron chi connectivity index (χ1n) is 6.60. The van der Waals surface area contributed by atoms with Crippen molar-refractivity contribution in [2.75, 3.05) is 0 Å². The van der Waals surface area contributed by atoms with E-state index in [-0.39, 0.29) is 0 Å². The van der Waals surface area contributed by atoms with Crippen LogP contribution in [0.2, 0.25) is 0 Å². The average Bonchev–Trinajstić information content (AvgIpc) is 2.93. The van der Waals surface area contributed by atoms with Crippen LogP contribution in [0.15, 0.2) is 60.8 Å². The minimum atomic E-state index is 0.583. The van der Waals surface area contributed by atoms with Gasteiger partial charge in [-0.25, -0.2) is 4.98 Å². The molecule has 0 amide bonds. The molecule has 20 heavy (non-hydrogen) atoms. The van der Waals surface area contributed by atoms with Crippen LogP contribution < -0.4 is 4.74 Å². The van der Waals surface area contributed by atoms with Crippen LogP contribution >= 0.6 is 0 Å². The molecule has 1 heterocycles. The van der Waals surface area contributed by atoms with Crippen LogP contribution in [0, 0.1) is 6.92 Å². The summed E-state index contributed by atoms with van der Waals surface area (Å²) in [5.74, 6) is 1.75. The van der Waals surface area contributed by atoms with E-state index in [2.05, 4.69) is 22.1 Å². The molecule has 0 aliphatic carbocycles. The molecule has 3 aromatic rings. The van der Waals surface area contributed by atoms with Crippen LogP contribution in [-0.4, -0.2) is 9.97 Å². The maximum absolute atomic E-state index is 5.76. The number of aromatic nitrogens is 2. The largest absolute Gasteiger partial charge is 0.489 e. The highest BCUT2D eigenvalue weighted by atomic mass is 16.5. The molecular formula is C17H16N2O. The lowest BCUT2D eigenvalue weighted by molar-refractivity contribution is 0.306. The van der Waals surface area contributed by atoms with E-state index in [4.69, 9.17) is 4.74 Å². The third-order valence-electron chi connectivity index (χ3n) is 3.08. The first kappa shape index (κ1) is 12.5. The Morgan fingerprint density at radius 3 is 2.40 bits per heavy atom. The maximum Gasteiger partial charge on any atom is 0.137 e. The number of rotatable bonds is 4. The Bertz CT molecular complexity index is 672. The van der Waals surface area contributed by atoms with Gasteiger partial charge in [-0.05, 0) is 36.8 Å². The fourth-order valence-electron chi connectivity index (χ4n) is 2.01. The van der Waals surface area contributed by atoms with E-state index < -0.39 is 0 Å². The highest BCUT2D eigenvalue weighted by Gasteiger charge is 2.02. The third-order valence-corrected chi connectivity index (χ3v) is 3.08. The van der Waals surface area contributed by atoms with Crippen molar-refractivity contribution in [2.45, 2.75) is 13.5 Å². The monoisotopic (exact) mass is 264 g/mol. The van der Waals surface area contributed by atoms with Crippen molar-refractivity contribution < 1.29 is 4.74 Å². The Morgan fingerprint density at radius 1 is 1.00 bits per heavy atom. The summed E-state index contributed by atoms with van der Waals surface area (Å²) >= 11 is 0. The maximum atomic E-state index is 5.76. The van der Waals surface area contributed by atoms with E-state index in [1.807, 2.05) is 55.6 Å². The zero-order valence-corrected chi connectivity index (χ0v) is 11.3. The number of aromatic amines is 1. The molecule has 0 atom stereocenters. The molecule has 0 saturated carbocycles. The smallest absolute Gasteiger partial charge is 0.137 e. The average molecular weight is 264 g/mol. The van der Waals surface area contributed by atoms with Gasteiger partial charge >= 0.3 is 0 Å². The molecule has 0 saturated heterocycles. The number of ether oxygens (including phenoxy) is 1. The van der Waals surface area contributed by atoms with Crippen molar-refractivity contribution in [2.24, 2.45) is 0 Å². The van der Waals surface area contributed by atoms with Crippen LogP contribution in [0.4, 0.5) is 0 Å². The summed E-state index contributed by atoms with van der Waals surface area (Å²) < 4.78 is 5.76. The number of aryl methyl sites for hydroxylation is 1. The first-order valence-corrected chi connectivity index (χ1v) is 6.60. The molecule has 0 aliphatic rings. The molecular weight excluding hydrogens is 248 g/mol. The lowest BCUT2D eigenvalue weighted by Crippen LogP contribution is -1.94. The number of nitrogens with one attached hydrogen (secondary N) is 1. The van der Waals surface area contributed by atoms with Crippen LogP contribution in [-0.2, 0) is 6.61 Å². The van der Waals surface area contributed by atoms with Crippen molar-refractivity contribution >= 4 is 0 Å². The number of imidazole rings is 1. The van der Waals surface area contributed by atoms with Gasteiger partial charge in [-0.1, -0.05) is 30.3 Å². The molecule has 0 spiro atoms. The predicted octanol–water partition coefficient (Wildman–Crippen LogP) is 3.96. The summed E-state index contributed by atoms with van der Waals surface area (Å²) in [4.78, 5) is 7.53. The van der Waals surface area contributed by atoms with Gasteiger partial charge in [0.05, 0.1) is 0 Å². The Kier molecular flexibility index (Phi) is 3.50. The summed E-state index contributed by atoms with van der Waals surface area (Å²) in [6.45, 7) is 2.58. The fraction of sp³-hybridized carbons (Fsp3) is 0.118.